The second-order valence-electron chi connectivity index (χ2n) is 5.79. The predicted octanol–water partition coefficient (Wildman–Crippen LogP) is 6.07. The van der Waals surface area contributed by atoms with E-state index in [4.69, 9.17) is 0 Å². The van der Waals surface area contributed by atoms with Crippen LogP contribution in [0.3, 0.4) is 0 Å². The van der Waals surface area contributed by atoms with Gasteiger partial charge in [-0.15, -0.1) is 0 Å². The third-order valence-corrected chi connectivity index (χ3v) is 4.63. The van der Waals surface area contributed by atoms with Crippen LogP contribution in [0.2, 0.25) is 0 Å². The Hall–Kier alpha value is -2.52. The van der Waals surface area contributed by atoms with E-state index in [1.807, 2.05) is 12.1 Å². The summed E-state index contributed by atoms with van der Waals surface area (Å²) in [5.74, 6) is 0. The van der Waals surface area contributed by atoms with Crippen molar-refractivity contribution in [2.24, 2.45) is 0 Å². The highest BCUT2D eigenvalue weighted by molar-refractivity contribution is 9.10. The van der Waals surface area contributed by atoms with E-state index in [-0.39, 0.29) is 6.04 Å². The fraction of sp³-hybridized carbons (Fsp3) is 0.0476. The molecule has 3 heteroatoms. The number of rotatable bonds is 2. The standard InChI is InChI=1S/C21H17BrN2/c22-17-10-6-9-16(13-17)21-14-20(15-7-2-1-3-8-15)23-18-11-4-5-12-19(18)24-21/h1-14,21,23-24H/t21-/m0/s1. The summed E-state index contributed by atoms with van der Waals surface area (Å²) in [6, 6.07) is 27.3. The zero-order valence-electron chi connectivity index (χ0n) is 13.0. The Labute approximate surface area is 150 Å². The topological polar surface area (TPSA) is 24.1 Å². The van der Waals surface area contributed by atoms with Crippen LogP contribution in [0.15, 0.2) is 89.4 Å². The molecule has 0 fully saturated rings. The number of benzene rings is 3. The molecule has 0 saturated carbocycles. The SMILES string of the molecule is Brc1cccc([C@@H]2C=C(c3ccccc3)Nc3ccccc3N2)c1. The first kappa shape index (κ1) is 15.0. The molecule has 2 N–H and O–H groups in total. The van der Waals surface area contributed by atoms with E-state index in [1.165, 1.54) is 11.1 Å². The Kier molecular flexibility index (Phi) is 4.09. The molecule has 1 heterocycles. The van der Waals surface area contributed by atoms with Gasteiger partial charge in [0.15, 0.2) is 0 Å². The van der Waals surface area contributed by atoms with E-state index in [9.17, 15) is 0 Å². The third-order valence-electron chi connectivity index (χ3n) is 4.13. The van der Waals surface area contributed by atoms with Gasteiger partial charge >= 0.3 is 0 Å². The predicted molar refractivity (Wildman–Crippen MR) is 105 cm³/mol. The van der Waals surface area contributed by atoms with Gasteiger partial charge in [0.2, 0.25) is 0 Å². The number of fused-ring (bicyclic) bond motifs is 1. The van der Waals surface area contributed by atoms with E-state index in [1.54, 1.807) is 0 Å². The van der Waals surface area contributed by atoms with Gasteiger partial charge in [-0.2, -0.15) is 0 Å². The molecule has 2 nitrogen and oxygen atoms in total. The lowest BCUT2D eigenvalue weighted by atomic mass is 10.0. The lowest BCUT2D eigenvalue weighted by Crippen LogP contribution is -2.07. The van der Waals surface area contributed by atoms with Crippen molar-refractivity contribution in [1.82, 2.24) is 0 Å². The number of nitrogens with one attached hydrogen (secondary N) is 2. The summed E-state index contributed by atoms with van der Waals surface area (Å²) in [6.07, 6.45) is 2.25. The summed E-state index contributed by atoms with van der Waals surface area (Å²) in [4.78, 5) is 0. The van der Waals surface area contributed by atoms with Crippen molar-refractivity contribution in [2.45, 2.75) is 6.04 Å². The number of para-hydroxylation sites is 2. The summed E-state index contributed by atoms with van der Waals surface area (Å²) in [7, 11) is 0. The van der Waals surface area contributed by atoms with E-state index >= 15 is 0 Å². The summed E-state index contributed by atoms with van der Waals surface area (Å²) in [5.41, 5.74) is 5.69. The smallest absolute Gasteiger partial charge is 0.0722 e. The van der Waals surface area contributed by atoms with Crippen LogP contribution in [0.5, 0.6) is 0 Å². The molecule has 0 saturated heterocycles. The van der Waals surface area contributed by atoms with Crippen molar-refractivity contribution in [3.05, 3.63) is 101 Å². The Morgan fingerprint density at radius 2 is 1.50 bits per heavy atom. The van der Waals surface area contributed by atoms with E-state index in [0.717, 1.165) is 21.5 Å². The molecular formula is C21H17BrN2. The highest BCUT2D eigenvalue weighted by Gasteiger charge is 2.17. The second kappa shape index (κ2) is 6.54. The quantitative estimate of drug-likeness (QED) is 0.567. The summed E-state index contributed by atoms with van der Waals surface area (Å²) in [5, 5.41) is 7.22. The van der Waals surface area contributed by atoms with Gasteiger partial charge < -0.3 is 10.6 Å². The van der Waals surface area contributed by atoms with Crippen LogP contribution >= 0.6 is 15.9 Å². The van der Waals surface area contributed by atoms with Gasteiger partial charge in [-0.3, -0.25) is 0 Å². The van der Waals surface area contributed by atoms with Crippen LogP contribution in [-0.2, 0) is 0 Å². The van der Waals surface area contributed by atoms with Crippen molar-refractivity contribution in [3.63, 3.8) is 0 Å². The van der Waals surface area contributed by atoms with Crippen molar-refractivity contribution in [1.29, 1.82) is 0 Å². The minimum atomic E-state index is 0.0915. The average molecular weight is 377 g/mol. The molecule has 1 aliphatic rings. The molecule has 24 heavy (non-hydrogen) atoms. The average Bonchev–Trinajstić information content (AvgIpc) is 2.82. The van der Waals surface area contributed by atoms with Gasteiger partial charge in [-0.25, -0.2) is 0 Å². The highest BCUT2D eigenvalue weighted by Crippen LogP contribution is 2.35. The van der Waals surface area contributed by atoms with Crippen LogP contribution in [0.25, 0.3) is 5.70 Å². The number of halogens is 1. The first-order valence-electron chi connectivity index (χ1n) is 7.95. The van der Waals surface area contributed by atoms with Crippen molar-refractivity contribution >= 4 is 33.0 Å². The van der Waals surface area contributed by atoms with E-state index < -0.39 is 0 Å². The molecule has 0 bridgehead atoms. The zero-order chi connectivity index (χ0) is 16.4. The highest BCUT2D eigenvalue weighted by atomic mass is 79.9. The Balaban J connectivity index is 1.83. The Bertz CT molecular complexity index is 887. The minimum Gasteiger partial charge on any atom is -0.373 e. The molecular weight excluding hydrogens is 360 g/mol. The Morgan fingerprint density at radius 3 is 2.29 bits per heavy atom. The maximum Gasteiger partial charge on any atom is 0.0722 e. The summed E-state index contributed by atoms with van der Waals surface area (Å²) < 4.78 is 1.09. The lowest BCUT2D eigenvalue weighted by Gasteiger charge is -2.16. The van der Waals surface area contributed by atoms with Gasteiger partial charge in [0.1, 0.15) is 0 Å². The van der Waals surface area contributed by atoms with Gasteiger partial charge in [0.25, 0.3) is 0 Å². The number of anilines is 2. The number of hydrogen-bond acceptors (Lipinski definition) is 2. The maximum absolute atomic E-state index is 3.64. The van der Waals surface area contributed by atoms with Crippen LogP contribution < -0.4 is 10.6 Å². The molecule has 0 amide bonds. The van der Waals surface area contributed by atoms with Gasteiger partial charge in [-0.05, 0) is 41.5 Å². The number of hydrogen-bond donors (Lipinski definition) is 2. The molecule has 0 aromatic heterocycles. The van der Waals surface area contributed by atoms with Crippen molar-refractivity contribution in [2.75, 3.05) is 10.6 Å². The first-order chi connectivity index (χ1) is 11.8. The normalized spacial score (nSPS) is 16.2. The van der Waals surface area contributed by atoms with E-state index in [0.29, 0.717) is 0 Å². The van der Waals surface area contributed by atoms with Gasteiger partial charge in [-0.1, -0.05) is 70.5 Å². The first-order valence-corrected chi connectivity index (χ1v) is 8.74. The van der Waals surface area contributed by atoms with Crippen LogP contribution in [-0.4, -0.2) is 0 Å². The zero-order valence-corrected chi connectivity index (χ0v) is 14.6. The molecule has 0 spiro atoms. The molecule has 0 unspecified atom stereocenters. The fourth-order valence-corrected chi connectivity index (χ4v) is 3.36. The van der Waals surface area contributed by atoms with Crippen LogP contribution in [0.4, 0.5) is 11.4 Å². The molecule has 0 aliphatic carbocycles. The molecule has 0 radical (unpaired) electrons. The van der Waals surface area contributed by atoms with Gasteiger partial charge in [0.05, 0.1) is 17.4 Å². The molecule has 4 rings (SSSR count). The molecule has 1 aliphatic heterocycles. The van der Waals surface area contributed by atoms with Crippen LogP contribution in [0, 0.1) is 0 Å². The second-order valence-corrected chi connectivity index (χ2v) is 6.71. The minimum absolute atomic E-state index is 0.0915. The lowest BCUT2D eigenvalue weighted by molar-refractivity contribution is 0.990. The largest absolute Gasteiger partial charge is 0.373 e. The maximum atomic E-state index is 3.64. The third kappa shape index (κ3) is 3.08. The fourth-order valence-electron chi connectivity index (χ4n) is 2.95. The Morgan fingerprint density at radius 1 is 0.750 bits per heavy atom. The van der Waals surface area contributed by atoms with Crippen molar-refractivity contribution in [3.8, 4) is 0 Å². The molecule has 1 atom stereocenters. The summed E-state index contributed by atoms with van der Waals surface area (Å²) >= 11 is 3.58. The van der Waals surface area contributed by atoms with Gasteiger partial charge in [0, 0.05) is 10.2 Å². The molecule has 3 aromatic carbocycles. The monoisotopic (exact) mass is 376 g/mol. The van der Waals surface area contributed by atoms with Crippen LogP contribution in [0.1, 0.15) is 17.2 Å². The summed E-state index contributed by atoms with van der Waals surface area (Å²) in [6.45, 7) is 0. The van der Waals surface area contributed by atoms with Crippen molar-refractivity contribution < 1.29 is 0 Å². The molecule has 118 valence electrons. The van der Waals surface area contributed by atoms with E-state index in [2.05, 4.69) is 99.4 Å². The molecule has 3 aromatic rings.